The summed E-state index contributed by atoms with van der Waals surface area (Å²) in [5.74, 6) is 1.87. The van der Waals surface area contributed by atoms with Crippen LogP contribution in [0, 0.1) is 0 Å². The Kier molecular flexibility index (Phi) is 3.53. The Labute approximate surface area is 104 Å². The van der Waals surface area contributed by atoms with E-state index in [1.165, 1.54) is 6.33 Å². The van der Waals surface area contributed by atoms with E-state index in [0.29, 0.717) is 29.1 Å². The fraction of sp³-hybridized carbons (Fsp3) is 0.400. The Balaban J connectivity index is 2.11. The van der Waals surface area contributed by atoms with Gasteiger partial charge < -0.3 is 9.42 Å². The smallest absolute Gasteiger partial charge is 0.246 e. The van der Waals surface area contributed by atoms with Gasteiger partial charge in [-0.15, -0.1) is 0 Å². The topological polar surface area (TPSA) is 67.9 Å². The van der Waals surface area contributed by atoms with Crippen LogP contribution in [0.15, 0.2) is 17.0 Å². The summed E-state index contributed by atoms with van der Waals surface area (Å²) in [6.07, 6.45) is 3.75. The van der Waals surface area contributed by atoms with E-state index in [1.54, 1.807) is 6.20 Å². The average Bonchev–Trinajstić information content (AvgIpc) is 2.77. The molecule has 0 aliphatic heterocycles. The van der Waals surface area contributed by atoms with Gasteiger partial charge in [0.15, 0.2) is 11.6 Å². The van der Waals surface area contributed by atoms with Gasteiger partial charge in [0, 0.05) is 13.5 Å². The lowest BCUT2D eigenvalue weighted by Crippen LogP contribution is -2.18. The van der Waals surface area contributed by atoms with Crippen molar-refractivity contribution < 1.29 is 4.52 Å². The number of hydrogen-bond donors (Lipinski definition) is 0. The molecule has 2 aromatic rings. The van der Waals surface area contributed by atoms with Crippen LogP contribution >= 0.6 is 11.6 Å². The van der Waals surface area contributed by atoms with Crippen LogP contribution in [0.4, 0.5) is 5.82 Å². The molecule has 0 radical (unpaired) electrons. The van der Waals surface area contributed by atoms with E-state index in [1.807, 2.05) is 18.9 Å². The second-order valence-corrected chi connectivity index (χ2v) is 3.92. The number of aryl methyl sites for hydroxylation is 1. The third-order valence-electron chi connectivity index (χ3n) is 2.21. The molecular weight excluding hydrogens is 242 g/mol. The lowest BCUT2D eigenvalue weighted by molar-refractivity contribution is 0.373. The fourth-order valence-electron chi connectivity index (χ4n) is 1.36. The maximum Gasteiger partial charge on any atom is 0.246 e. The Bertz CT molecular complexity index is 501. The van der Waals surface area contributed by atoms with Crippen LogP contribution in [-0.4, -0.2) is 27.2 Å². The first-order valence-electron chi connectivity index (χ1n) is 5.18. The van der Waals surface area contributed by atoms with Crippen molar-refractivity contribution in [1.29, 1.82) is 0 Å². The SMILES string of the molecule is CCc1noc(CN(C)c2ncncc2Cl)n1. The quantitative estimate of drug-likeness (QED) is 0.826. The van der Waals surface area contributed by atoms with Gasteiger partial charge >= 0.3 is 0 Å². The molecule has 0 N–H and O–H groups in total. The standard InChI is InChI=1S/C10H12ClN5O/c1-3-8-14-9(17-15-8)5-16(2)10-7(11)4-12-6-13-10/h4,6H,3,5H2,1-2H3. The molecule has 0 unspecified atom stereocenters. The highest BCUT2D eigenvalue weighted by Crippen LogP contribution is 2.21. The lowest BCUT2D eigenvalue weighted by Gasteiger charge is -2.16. The minimum Gasteiger partial charge on any atom is -0.349 e. The Morgan fingerprint density at radius 1 is 1.47 bits per heavy atom. The summed E-state index contributed by atoms with van der Waals surface area (Å²) in [7, 11) is 1.85. The van der Waals surface area contributed by atoms with Gasteiger partial charge in [0.1, 0.15) is 11.3 Å². The molecule has 0 amide bonds. The minimum absolute atomic E-state index is 0.462. The summed E-state index contributed by atoms with van der Waals surface area (Å²) in [6.45, 7) is 2.43. The van der Waals surface area contributed by atoms with Crippen molar-refractivity contribution >= 4 is 17.4 Å². The molecule has 17 heavy (non-hydrogen) atoms. The molecule has 0 atom stereocenters. The predicted octanol–water partition coefficient (Wildman–Crippen LogP) is 1.71. The molecule has 0 aliphatic rings. The average molecular weight is 254 g/mol. The Morgan fingerprint density at radius 2 is 2.29 bits per heavy atom. The van der Waals surface area contributed by atoms with Crippen LogP contribution in [0.2, 0.25) is 5.02 Å². The zero-order valence-corrected chi connectivity index (χ0v) is 10.3. The molecule has 6 nitrogen and oxygen atoms in total. The summed E-state index contributed by atoms with van der Waals surface area (Å²) in [5, 5.41) is 4.32. The number of anilines is 1. The van der Waals surface area contributed by atoms with Gasteiger partial charge in [-0.3, -0.25) is 0 Å². The number of hydrogen-bond acceptors (Lipinski definition) is 6. The highest BCUT2D eigenvalue weighted by Gasteiger charge is 2.12. The second kappa shape index (κ2) is 5.09. The molecule has 2 heterocycles. The predicted molar refractivity (Wildman–Crippen MR) is 62.8 cm³/mol. The molecular formula is C10H12ClN5O. The molecule has 0 bridgehead atoms. The van der Waals surface area contributed by atoms with Crippen molar-refractivity contribution in [1.82, 2.24) is 20.1 Å². The van der Waals surface area contributed by atoms with Crippen LogP contribution in [0.1, 0.15) is 18.6 Å². The van der Waals surface area contributed by atoms with Gasteiger partial charge in [-0.25, -0.2) is 9.97 Å². The van der Waals surface area contributed by atoms with Crippen molar-refractivity contribution in [3.8, 4) is 0 Å². The lowest BCUT2D eigenvalue weighted by atomic mass is 10.4. The maximum absolute atomic E-state index is 5.98. The largest absolute Gasteiger partial charge is 0.349 e. The van der Waals surface area contributed by atoms with E-state index in [9.17, 15) is 0 Å². The summed E-state index contributed by atoms with van der Waals surface area (Å²) >= 11 is 5.98. The van der Waals surface area contributed by atoms with E-state index >= 15 is 0 Å². The van der Waals surface area contributed by atoms with E-state index < -0.39 is 0 Å². The van der Waals surface area contributed by atoms with Crippen molar-refractivity contribution in [2.45, 2.75) is 19.9 Å². The highest BCUT2D eigenvalue weighted by molar-refractivity contribution is 6.32. The molecule has 0 fully saturated rings. The summed E-state index contributed by atoms with van der Waals surface area (Å²) in [6, 6.07) is 0. The first-order chi connectivity index (χ1) is 8.20. The molecule has 0 saturated carbocycles. The monoisotopic (exact) mass is 253 g/mol. The van der Waals surface area contributed by atoms with E-state index in [4.69, 9.17) is 16.1 Å². The Hall–Kier alpha value is -1.69. The van der Waals surface area contributed by atoms with E-state index in [2.05, 4.69) is 20.1 Å². The number of aromatic nitrogens is 4. The van der Waals surface area contributed by atoms with Crippen LogP contribution < -0.4 is 4.90 Å². The molecule has 0 saturated heterocycles. The first kappa shape index (κ1) is 11.8. The molecule has 0 aliphatic carbocycles. The maximum atomic E-state index is 5.98. The van der Waals surface area contributed by atoms with Gasteiger partial charge in [0.2, 0.25) is 5.89 Å². The van der Waals surface area contributed by atoms with Gasteiger partial charge in [-0.05, 0) is 0 Å². The fourth-order valence-corrected chi connectivity index (χ4v) is 1.61. The third kappa shape index (κ3) is 2.71. The molecule has 2 rings (SSSR count). The van der Waals surface area contributed by atoms with Crippen LogP contribution in [0.3, 0.4) is 0 Å². The zero-order valence-electron chi connectivity index (χ0n) is 9.59. The van der Waals surface area contributed by atoms with E-state index in [0.717, 1.165) is 6.42 Å². The normalized spacial score (nSPS) is 10.5. The van der Waals surface area contributed by atoms with Crippen molar-refractivity contribution in [2.24, 2.45) is 0 Å². The molecule has 0 spiro atoms. The van der Waals surface area contributed by atoms with Crippen molar-refractivity contribution in [3.05, 3.63) is 29.3 Å². The first-order valence-corrected chi connectivity index (χ1v) is 5.56. The van der Waals surface area contributed by atoms with Gasteiger partial charge in [0.25, 0.3) is 0 Å². The van der Waals surface area contributed by atoms with Crippen molar-refractivity contribution in [2.75, 3.05) is 11.9 Å². The summed E-state index contributed by atoms with van der Waals surface area (Å²) in [4.78, 5) is 14.0. The number of nitrogens with zero attached hydrogens (tertiary/aromatic N) is 5. The van der Waals surface area contributed by atoms with Crippen LogP contribution in [0.25, 0.3) is 0 Å². The van der Waals surface area contributed by atoms with E-state index in [-0.39, 0.29) is 0 Å². The summed E-state index contributed by atoms with van der Waals surface area (Å²) < 4.78 is 5.10. The summed E-state index contributed by atoms with van der Waals surface area (Å²) in [5.41, 5.74) is 0. The Morgan fingerprint density at radius 3 is 2.94 bits per heavy atom. The molecule has 2 aromatic heterocycles. The van der Waals surface area contributed by atoms with Gasteiger partial charge in [-0.2, -0.15) is 4.98 Å². The second-order valence-electron chi connectivity index (χ2n) is 3.51. The number of halogens is 1. The zero-order chi connectivity index (χ0) is 12.3. The van der Waals surface area contributed by atoms with Crippen LogP contribution in [0.5, 0.6) is 0 Å². The van der Waals surface area contributed by atoms with Gasteiger partial charge in [0.05, 0.1) is 12.7 Å². The number of rotatable bonds is 4. The van der Waals surface area contributed by atoms with Crippen LogP contribution in [-0.2, 0) is 13.0 Å². The molecule has 7 heteroatoms. The third-order valence-corrected chi connectivity index (χ3v) is 2.48. The molecule has 90 valence electrons. The molecule has 0 aromatic carbocycles. The minimum atomic E-state index is 0.462. The van der Waals surface area contributed by atoms with Crippen molar-refractivity contribution in [3.63, 3.8) is 0 Å². The van der Waals surface area contributed by atoms with Gasteiger partial charge in [-0.1, -0.05) is 23.7 Å². The highest BCUT2D eigenvalue weighted by atomic mass is 35.5.